The van der Waals surface area contributed by atoms with Crippen molar-refractivity contribution in [3.63, 3.8) is 0 Å². The van der Waals surface area contributed by atoms with Gasteiger partial charge in [-0.3, -0.25) is 9.18 Å². The number of carboxylic acids is 1. The summed E-state index contributed by atoms with van der Waals surface area (Å²) in [6, 6.07) is 9.38. The van der Waals surface area contributed by atoms with Crippen LogP contribution in [0.15, 0.2) is 30.3 Å². The summed E-state index contributed by atoms with van der Waals surface area (Å²) in [6.45, 7) is -0.483. The zero-order valence-corrected chi connectivity index (χ0v) is 9.04. The Hall–Kier alpha value is -1.03. The quantitative estimate of drug-likeness (QED) is 0.812. The number of carbonyl (C=O) groups is 1. The van der Waals surface area contributed by atoms with Crippen LogP contribution < -0.4 is 0 Å². The molecule has 0 aliphatic carbocycles. The lowest BCUT2D eigenvalue weighted by Gasteiger charge is -2.10. The Morgan fingerprint density at radius 1 is 1.40 bits per heavy atom. The molecule has 1 unspecified atom stereocenters. The van der Waals surface area contributed by atoms with Gasteiger partial charge < -0.3 is 5.11 Å². The van der Waals surface area contributed by atoms with Crippen LogP contribution in [-0.2, 0) is 11.2 Å². The van der Waals surface area contributed by atoms with E-state index in [4.69, 9.17) is 5.11 Å². The van der Waals surface area contributed by atoms with E-state index < -0.39 is 17.9 Å². The molecular weight excluding hydrogens is 215 g/mol. The van der Waals surface area contributed by atoms with Crippen LogP contribution in [-0.4, -0.2) is 28.8 Å². The van der Waals surface area contributed by atoms with Gasteiger partial charge in [-0.25, -0.2) is 0 Å². The summed E-state index contributed by atoms with van der Waals surface area (Å²) in [5.41, 5.74) is 0.969. The van der Waals surface area contributed by atoms with Gasteiger partial charge in [-0.05, 0) is 12.0 Å². The molecule has 1 N–H and O–H groups in total. The van der Waals surface area contributed by atoms with Gasteiger partial charge in [0.25, 0.3) is 0 Å². The molecule has 0 saturated carbocycles. The van der Waals surface area contributed by atoms with Crippen LogP contribution in [0.2, 0.25) is 0 Å². The number of hydrogen-bond donors (Lipinski definition) is 1. The van der Waals surface area contributed by atoms with Crippen LogP contribution >= 0.6 is 11.8 Å². The van der Waals surface area contributed by atoms with Crippen molar-refractivity contribution in [3.8, 4) is 0 Å². The number of halogens is 1. The predicted molar refractivity (Wildman–Crippen MR) is 60.0 cm³/mol. The van der Waals surface area contributed by atoms with E-state index >= 15 is 0 Å². The molecule has 82 valence electrons. The van der Waals surface area contributed by atoms with Crippen molar-refractivity contribution in [3.05, 3.63) is 35.9 Å². The summed E-state index contributed by atoms with van der Waals surface area (Å²) in [7, 11) is 0. The summed E-state index contributed by atoms with van der Waals surface area (Å²) < 4.78 is 11.9. The van der Waals surface area contributed by atoms with Crippen LogP contribution in [0.1, 0.15) is 5.56 Å². The summed E-state index contributed by atoms with van der Waals surface area (Å²) in [6.07, 6.45) is 0.445. The molecule has 0 aromatic heterocycles. The van der Waals surface area contributed by atoms with Crippen molar-refractivity contribution in [2.45, 2.75) is 11.7 Å². The maximum absolute atomic E-state index is 11.9. The molecule has 0 aliphatic rings. The third-order valence-corrected chi connectivity index (χ3v) is 3.10. The second kappa shape index (κ2) is 6.45. The second-order valence-electron chi connectivity index (χ2n) is 3.08. The minimum absolute atomic E-state index is 0.240. The molecule has 4 heteroatoms. The van der Waals surface area contributed by atoms with Gasteiger partial charge in [0, 0.05) is 5.75 Å². The van der Waals surface area contributed by atoms with E-state index in [0.717, 1.165) is 17.3 Å². The Morgan fingerprint density at radius 3 is 2.60 bits per heavy atom. The van der Waals surface area contributed by atoms with E-state index in [1.54, 1.807) is 0 Å². The van der Waals surface area contributed by atoms with E-state index in [1.807, 2.05) is 30.3 Å². The molecule has 2 nitrogen and oxygen atoms in total. The molecular formula is C11H13FO2S. The third kappa shape index (κ3) is 4.34. The van der Waals surface area contributed by atoms with Crippen LogP contribution in [0.4, 0.5) is 4.39 Å². The number of rotatable bonds is 6. The summed E-state index contributed by atoms with van der Waals surface area (Å²) >= 11 is 1.15. The standard InChI is InChI=1S/C11H13FO2S/c12-6-7-15-10(11(13)14)8-9-4-2-1-3-5-9/h1-5,10H,6-8H2,(H,13,14). The normalized spacial score (nSPS) is 12.3. The molecule has 1 rings (SSSR count). The largest absolute Gasteiger partial charge is 0.480 e. The number of benzene rings is 1. The van der Waals surface area contributed by atoms with Crippen molar-refractivity contribution in [1.29, 1.82) is 0 Å². The van der Waals surface area contributed by atoms with E-state index in [0.29, 0.717) is 6.42 Å². The highest BCUT2D eigenvalue weighted by Gasteiger charge is 2.17. The van der Waals surface area contributed by atoms with Crippen molar-refractivity contribution in [2.75, 3.05) is 12.4 Å². The maximum Gasteiger partial charge on any atom is 0.316 e. The molecule has 0 amide bonds. The van der Waals surface area contributed by atoms with Gasteiger partial charge in [-0.15, -0.1) is 11.8 Å². The topological polar surface area (TPSA) is 37.3 Å². The minimum atomic E-state index is -0.877. The first kappa shape index (κ1) is 12.0. The molecule has 1 aromatic rings. The maximum atomic E-state index is 11.9. The number of thioether (sulfide) groups is 1. The minimum Gasteiger partial charge on any atom is -0.480 e. The Balaban J connectivity index is 2.55. The summed E-state index contributed by atoms with van der Waals surface area (Å²) in [5.74, 6) is -0.638. The van der Waals surface area contributed by atoms with Crippen molar-refractivity contribution < 1.29 is 14.3 Å². The Kier molecular flexibility index (Phi) is 5.18. The molecule has 0 radical (unpaired) electrons. The average molecular weight is 228 g/mol. The molecule has 0 bridgehead atoms. The first-order valence-electron chi connectivity index (χ1n) is 4.68. The van der Waals surface area contributed by atoms with E-state index in [2.05, 4.69) is 0 Å². The summed E-state index contributed by atoms with van der Waals surface area (Å²) in [5, 5.41) is 8.37. The Labute approximate surface area is 92.5 Å². The molecule has 0 saturated heterocycles. The van der Waals surface area contributed by atoms with Gasteiger partial charge in [-0.2, -0.15) is 0 Å². The lowest BCUT2D eigenvalue weighted by molar-refractivity contribution is -0.136. The van der Waals surface area contributed by atoms with Gasteiger partial charge in [0.15, 0.2) is 0 Å². The lowest BCUT2D eigenvalue weighted by Crippen LogP contribution is -2.20. The van der Waals surface area contributed by atoms with Gasteiger partial charge in [0.1, 0.15) is 5.25 Å². The number of alkyl halides is 1. The van der Waals surface area contributed by atoms with Crippen LogP contribution in [0.25, 0.3) is 0 Å². The van der Waals surface area contributed by atoms with E-state index in [-0.39, 0.29) is 5.75 Å². The lowest BCUT2D eigenvalue weighted by atomic mass is 10.1. The Morgan fingerprint density at radius 2 is 2.07 bits per heavy atom. The van der Waals surface area contributed by atoms with Crippen LogP contribution in [0, 0.1) is 0 Å². The molecule has 0 heterocycles. The van der Waals surface area contributed by atoms with Crippen molar-refractivity contribution >= 4 is 17.7 Å². The third-order valence-electron chi connectivity index (χ3n) is 1.94. The molecule has 0 aliphatic heterocycles. The van der Waals surface area contributed by atoms with Gasteiger partial charge in [-0.1, -0.05) is 30.3 Å². The van der Waals surface area contributed by atoms with E-state index in [1.165, 1.54) is 0 Å². The smallest absolute Gasteiger partial charge is 0.316 e. The molecule has 1 atom stereocenters. The van der Waals surface area contributed by atoms with Crippen molar-refractivity contribution in [1.82, 2.24) is 0 Å². The highest BCUT2D eigenvalue weighted by Crippen LogP contribution is 2.16. The molecule has 0 spiro atoms. The van der Waals surface area contributed by atoms with Gasteiger partial charge >= 0.3 is 5.97 Å². The number of carboxylic acid groups (broad SMARTS) is 1. The first-order chi connectivity index (χ1) is 7.24. The first-order valence-corrected chi connectivity index (χ1v) is 5.73. The Bertz CT molecular complexity index is 303. The number of aliphatic carboxylic acids is 1. The SMILES string of the molecule is O=C(O)C(Cc1ccccc1)SCCF. The van der Waals surface area contributed by atoms with Gasteiger partial charge in [0.05, 0.1) is 6.67 Å². The highest BCUT2D eigenvalue weighted by molar-refractivity contribution is 8.00. The fraction of sp³-hybridized carbons (Fsp3) is 0.364. The fourth-order valence-electron chi connectivity index (χ4n) is 1.23. The van der Waals surface area contributed by atoms with Crippen LogP contribution in [0.5, 0.6) is 0 Å². The van der Waals surface area contributed by atoms with Crippen molar-refractivity contribution in [2.24, 2.45) is 0 Å². The number of hydrogen-bond acceptors (Lipinski definition) is 2. The second-order valence-corrected chi connectivity index (χ2v) is 4.39. The fourth-order valence-corrected chi connectivity index (χ4v) is 2.06. The molecule has 1 aromatic carbocycles. The molecule has 0 fully saturated rings. The summed E-state index contributed by atoms with van der Waals surface area (Å²) in [4.78, 5) is 10.9. The predicted octanol–water partition coefficient (Wildman–Crippen LogP) is 2.39. The monoisotopic (exact) mass is 228 g/mol. The average Bonchev–Trinajstić information content (AvgIpc) is 2.25. The van der Waals surface area contributed by atoms with Crippen LogP contribution in [0.3, 0.4) is 0 Å². The highest BCUT2D eigenvalue weighted by atomic mass is 32.2. The molecule has 15 heavy (non-hydrogen) atoms. The zero-order chi connectivity index (χ0) is 11.1. The van der Waals surface area contributed by atoms with Gasteiger partial charge in [0.2, 0.25) is 0 Å². The van der Waals surface area contributed by atoms with E-state index in [9.17, 15) is 9.18 Å². The zero-order valence-electron chi connectivity index (χ0n) is 8.23.